The molecule has 76 valence electrons. The highest BCUT2D eigenvalue weighted by atomic mass is 16.6. The van der Waals surface area contributed by atoms with Crippen LogP contribution in [-0.2, 0) is 4.74 Å². The van der Waals surface area contributed by atoms with E-state index < -0.39 is 0 Å². The molecule has 2 N–H and O–H groups in total. The van der Waals surface area contributed by atoms with E-state index in [0.717, 1.165) is 25.9 Å². The minimum absolute atomic E-state index is 0.0449. The normalized spacial score (nSPS) is 22.8. The van der Waals surface area contributed by atoms with Crippen molar-refractivity contribution in [2.45, 2.75) is 38.8 Å². The van der Waals surface area contributed by atoms with Gasteiger partial charge < -0.3 is 15.4 Å². The monoisotopic (exact) mass is 186 g/mol. The molecule has 0 aromatic rings. The predicted octanol–water partition coefficient (Wildman–Crippen LogP) is 0.873. The Balaban J connectivity index is 2.18. The van der Waals surface area contributed by atoms with Gasteiger partial charge in [-0.25, -0.2) is 4.79 Å². The SMILES string of the molecule is CC(C)OC(=O)N[C@H]1CCCNC1. The highest BCUT2D eigenvalue weighted by Crippen LogP contribution is 2.01. The van der Waals surface area contributed by atoms with Crippen molar-refractivity contribution in [3.05, 3.63) is 0 Å². The predicted molar refractivity (Wildman–Crippen MR) is 50.6 cm³/mol. The molecule has 0 bridgehead atoms. The zero-order valence-electron chi connectivity index (χ0n) is 8.30. The number of carbonyl (C=O) groups is 1. The van der Waals surface area contributed by atoms with Gasteiger partial charge >= 0.3 is 6.09 Å². The number of ether oxygens (including phenoxy) is 1. The van der Waals surface area contributed by atoms with E-state index in [1.165, 1.54) is 0 Å². The third-order valence-electron chi connectivity index (χ3n) is 1.96. The lowest BCUT2D eigenvalue weighted by Gasteiger charge is -2.23. The molecule has 4 heteroatoms. The minimum atomic E-state index is -0.302. The molecule has 0 saturated carbocycles. The van der Waals surface area contributed by atoms with E-state index in [1.807, 2.05) is 13.8 Å². The highest BCUT2D eigenvalue weighted by Gasteiger charge is 2.16. The van der Waals surface area contributed by atoms with Crippen LogP contribution in [0.5, 0.6) is 0 Å². The van der Waals surface area contributed by atoms with Crippen molar-refractivity contribution < 1.29 is 9.53 Å². The Morgan fingerprint density at radius 3 is 2.92 bits per heavy atom. The molecule has 1 fully saturated rings. The Morgan fingerprint density at radius 2 is 2.38 bits per heavy atom. The molecule has 0 spiro atoms. The summed E-state index contributed by atoms with van der Waals surface area (Å²) in [6.45, 7) is 5.60. The molecular formula is C9H18N2O2. The zero-order chi connectivity index (χ0) is 9.68. The van der Waals surface area contributed by atoms with Crippen molar-refractivity contribution in [2.75, 3.05) is 13.1 Å². The number of rotatable bonds is 2. The Morgan fingerprint density at radius 1 is 1.62 bits per heavy atom. The summed E-state index contributed by atoms with van der Waals surface area (Å²) in [5, 5.41) is 6.05. The molecule has 1 heterocycles. The van der Waals surface area contributed by atoms with Crippen molar-refractivity contribution in [1.29, 1.82) is 0 Å². The van der Waals surface area contributed by atoms with Gasteiger partial charge in [-0.15, -0.1) is 0 Å². The van der Waals surface area contributed by atoms with Gasteiger partial charge in [-0.2, -0.15) is 0 Å². The second kappa shape index (κ2) is 5.07. The van der Waals surface area contributed by atoms with Crippen LogP contribution in [0.3, 0.4) is 0 Å². The topological polar surface area (TPSA) is 50.4 Å². The molecule has 4 nitrogen and oxygen atoms in total. The van der Waals surface area contributed by atoms with Gasteiger partial charge in [-0.3, -0.25) is 0 Å². The van der Waals surface area contributed by atoms with E-state index in [2.05, 4.69) is 10.6 Å². The standard InChI is InChI=1S/C9H18N2O2/c1-7(2)13-9(12)11-8-4-3-5-10-6-8/h7-8,10H,3-6H2,1-2H3,(H,11,12)/t8-/m0/s1. The summed E-state index contributed by atoms with van der Waals surface area (Å²) < 4.78 is 4.98. The molecule has 0 unspecified atom stereocenters. The van der Waals surface area contributed by atoms with E-state index in [9.17, 15) is 4.79 Å². The number of hydrogen-bond donors (Lipinski definition) is 2. The van der Waals surface area contributed by atoms with Crippen LogP contribution < -0.4 is 10.6 Å². The summed E-state index contributed by atoms with van der Waals surface area (Å²) in [7, 11) is 0. The Labute approximate surface area is 79.0 Å². The van der Waals surface area contributed by atoms with Crippen molar-refractivity contribution >= 4 is 6.09 Å². The molecule has 1 saturated heterocycles. The summed E-state index contributed by atoms with van der Waals surface area (Å²) >= 11 is 0. The van der Waals surface area contributed by atoms with Gasteiger partial charge in [0.15, 0.2) is 0 Å². The maximum Gasteiger partial charge on any atom is 0.407 e. The van der Waals surface area contributed by atoms with Gasteiger partial charge in [0.2, 0.25) is 0 Å². The molecule has 1 aliphatic rings. The minimum Gasteiger partial charge on any atom is -0.447 e. The van der Waals surface area contributed by atoms with E-state index in [1.54, 1.807) is 0 Å². The van der Waals surface area contributed by atoms with Crippen LogP contribution in [-0.4, -0.2) is 31.3 Å². The number of hydrogen-bond acceptors (Lipinski definition) is 3. The van der Waals surface area contributed by atoms with Crippen molar-refractivity contribution in [2.24, 2.45) is 0 Å². The maximum atomic E-state index is 11.2. The lowest BCUT2D eigenvalue weighted by Crippen LogP contribution is -2.46. The molecular weight excluding hydrogens is 168 g/mol. The molecule has 0 aromatic carbocycles. The van der Waals surface area contributed by atoms with Crippen LogP contribution in [0.25, 0.3) is 0 Å². The van der Waals surface area contributed by atoms with Crippen LogP contribution in [0.2, 0.25) is 0 Å². The summed E-state index contributed by atoms with van der Waals surface area (Å²) in [6, 6.07) is 0.236. The van der Waals surface area contributed by atoms with Crippen LogP contribution in [0, 0.1) is 0 Å². The fraction of sp³-hybridized carbons (Fsp3) is 0.889. The molecule has 1 amide bonds. The van der Waals surface area contributed by atoms with Gasteiger partial charge in [0.05, 0.1) is 6.10 Å². The number of nitrogens with one attached hydrogen (secondary N) is 2. The van der Waals surface area contributed by atoms with Crippen LogP contribution in [0.1, 0.15) is 26.7 Å². The number of carbonyl (C=O) groups excluding carboxylic acids is 1. The molecule has 13 heavy (non-hydrogen) atoms. The smallest absolute Gasteiger partial charge is 0.407 e. The number of amides is 1. The van der Waals surface area contributed by atoms with Gasteiger partial charge in [0, 0.05) is 12.6 Å². The van der Waals surface area contributed by atoms with Crippen molar-refractivity contribution in [3.8, 4) is 0 Å². The quantitative estimate of drug-likeness (QED) is 0.673. The average molecular weight is 186 g/mol. The van der Waals surface area contributed by atoms with Crippen LogP contribution in [0.4, 0.5) is 4.79 Å². The lowest BCUT2D eigenvalue weighted by molar-refractivity contribution is 0.110. The second-order valence-corrected chi connectivity index (χ2v) is 3.64. The number of alkyl carbamates (subject to hydrolysis) is 1. The van der Waals surface area contributed by atoms with E-state index >= 15 is 0 Å². The first-order chi connectivity index (χ1) is 6.18. The number of piperidine rings is 1. The Hall–Kier alpha value is -0.770. The molecule has 1 rings (SSSR count). The summed E-state index contributed by atoms with van der Waals surface area (Å²) in [5.41, 5.74) is 0. The molecule has 1 aliphatic heterocycles. The zero-order valence-corrected chi connectivity index (χ0v) is 8.30. The molecule has 1 atom stereocenters. The highest BCUT2D eigenvalue weighted by molar-refractivity contribution is 5.67. The van der Waals surface area contributed by atoms with Gasteiger partial charge in [-0.05, 0) is 33.2 Å². The van der Waals surface area contributed by atoms with Crippen LogP contribution in [0.15, 0.2) is 0 Å². The first-order valence-corrected chi connectivity index (χ1v) is 4.86. The first-order valence-electron chi connectivity index (χ1n) is 4.86. The van der Waals surface area contributed by atoms with Crippen LogP contribution >= 0.6 is 0 Å². The second-order valence-electron chi connectivity index (χ2n) is 3.64. The fourth-order valence-electron chi connectivity index (χ4n) is 1.39. The molecule has 0 radical (unpaired) electrons. The van der Waals surface area contributed by atoms with Gasteiger partial charge in [0.1, 0.15) is 0 Å². The fourth-order valence-corrected chi connectivity index (χ4v) is 1.39. The van der Waals surface area contributed by atoms with E-state index in [-0.39, 0.29) is 18.2 Å². The Bertz CT molecular complexity index is 165. The lowest BCUT2D eigenvalue weighted by atomic mass is 10.1. The van der Waals surface area contributed by atoms with Gasteiger partial charge in [0.25, 0.3) is 0 Å². The third-order valence-corrected chi connectivity index (χ3v) is 1.96. The average Bonchev–Trinajstić information content (AvgIpc) is 2.04. The van der Waals surface area contributed by atoms with E-state index in [4.69, 9.17) is 4.74 Å². The van der Waals surface area contributed by atoms with Crippen molar-refractivity contribution in [3.63, 3.8) is 0 Å². The summed E-state index contributed by atoms with van der Waals surface area (Å²) in [5.74, 6) is 0. The molecule has 0 aromatic heterocycles. The van der Waals surface area contributed by atoms with E-state index in [0.29, 0.717) is 0 Å². The van der Waals surface area contributed by atoms with Gasteiger partial charge in [-0.1, -0.05) is 0 Å². The summed E-state index contributed by atoms with van der Waals surface area (Å²) in [4.78, 5) is 11.2. The Kier molecular flexibility index (Phi) is 4.02. The molecule has 0 aliphatic carbocycles. The summed E-state index contributed by atoms with van der Waals surface area (Å²) in [6.07, 6.45) is 1.81. The maximum absolute atomic E-state index is 11.2. The van der Waals surface area contributed by atoms with Crippen molar-refractivity contribution in [1.82, 2.24) is 10.6 Å². The third kappa shape index (κ3) is 4.12. The largest absolute Gasteiger partial charge is 0.447 e. The first kappa shape index (κ1) is 10.3.